The molecule has 0 aliphatic heterocycles. The van der Waals surface area contributed by atoms with E-state index in [2.05, 4.69) is 52.1 Å². The van der Waals surface area contributed by atoms with Crippen molar-refractivity contribution in [3.63, 3.8) is 0 Å². The first-order chi connectivity index (χ1) is 10.7. The summed E-state index contributed by atoms with van der Waals surface area (Å²) < 4.78 is 0. The number of aryl methyl sites for hydroxylation is 1. The van der Waals surface area contributed by atoms with E-state index in [1.165, 1.54) is 11.1 Å². The van der Waals surface area contributed by atoms with Crippen molar-refractivity contribution in [3.8, 4) is 0 Å². The van der Waals surface area contributed by atoms with E-state index in [1.807, 2.05) is 6.92 Å². The summed E-state index contributed by atoms with van der Waals surface area (Å²) in [4.78, 5) is 16.1. The highest BCUT2D eigenvalue weighted by Gasteiger charge is 2.28. The first kappa shape index (κ1) is 19.7. The van der Waals surface area contributed by atoms with Crippen LogP contribution in [0.3, 0.4) is 0 Å². The molecule has 1 aliphatic rings. The Bertz CT molecular complexity index is 512. The van der Waals surface area contributed by atoms with Gasteiger partial charge in [0.25, 0.3) is 0 Å². The zero-order valence-corrected chi connectivity index (χ0v) is 16.2. The molecule has 0 radical (unpaired) electrons. The van der Waals surface area contributed by atoms with Gasteiger partial charge < -0.3 is 16.0 Å². The summed E-state index contributed by atoms with van der Waals surface area (Å²) >= 11 is 0. The van der Waals surface area contributed by atoms with Gasteiger partial charge in [-0.2, -0.15) is 0 Å². The molecule has 1 saturated carbocycles. The maximum Gasteiger partial charge on any atom is 0.223 e. The van der Waals surface area contributed by atoms with Crippen LogP contribution in [0.2, 0.25) is 0 Å². The number of nitrogens with zero attached hydrogens (tertiary/aromatic N) is 1. The first-order valence-electron chi connectivity index (χ1n) is 8.04. The van der Waals surface area contributed by atoms with E-state index < -0.39 is 0 Å². The molecule has 0 saturated heterocycles. The number of rotatable bonds is 7. The maximum absolute atomic E-state index is 11.5. The SMILES string of the molecule is CCNC(=NCc1ccc(C)cc1)NCCNC(=O)C1CC1.I. The lowest BCUT2D eigenvalue weighted by atomic mass is 10.1. The van der Waals surface area contributed by atoms with Crippen LogP contribution >= 0.6 is 24.0 Å². The van der Waals surface area contributed by atoms with Gasteiger partial charge in [0, 0.05) is 25.6 Å². The van der Waals surface area contributed by atoms with Crippen LogP contribution in [0.5, 0.6) is 0 Å². The summed E-state index contributed by atoms with van der Waals surface area (Å²) in [5.41, 5.74) is 2.44. The predicted molar refractivity (Wildman–Crippen MR) is 105 cm³/mol. The van der Waals surface area contributed by atoms with Crippen molar-refractivity contribution in [2.24, 2.45) is 10.9 Å². The zero-order valence-electron chi connectivity index (χ0n) is 13.9. The minimum absolute atomic E-state index is 0. The van der Waals surface area contributed by atoms with Gasteiger partial charge in [-0.25, -0.2) is 4.99 Å². The number of halogens is 1. The van der Waals surface area contributed by atoms with Gasteiger partial charge >= 0.3 is 0 Å². The molecule has 0 unspecified atom stereocenters. The Hall–Kier alpha value is -1.31. The van der Waals surface area contributed by atoms with E-state index in [4.69, 9.17) is 0 Å². The van der Waals surface area contributed by atoms with Crippen molar-refractivity contribution in [1.29, 1.82) is 0 Å². The van der Waals surface area contributed by atoms with Gasteiger partial charge in [-0.1, -0.05) is 29.8 Å². The minimum Gasteiger partial charge on any atom is -0.357 e. The highest BCUT2D eigenvalue weighted by molar-refractivity contribution is 14.0. The standard InChI is InChI=1S/C17H26N4O.HI/c1-3-18-17(20-11-10-19-16(22)15-8-9-15)21-12-14-6-4-13(2)5-7-14;/h4-7,15H,3,8-12H2,1-2H3,(H,19,22)(H2,18,20,21);1H. The molecule has 23 heavy (non-hydrogen) atoms. The number of hydrogen-bond acceptors (Lipinski definition) is 2. The second-order valence-electron chi connectivity index (χ2n) is 5.67. The summed E-state index contributed by atoms with van der Waals surface area (Å²) in [6.07, 6.45) is 2.08. The van der Waals surface area contributed by atoms with Gasteiger partial charge in [0.05, 0.1) is 6.54 Å². The fourth-order valence-electron chi connectivity index (χ4n) is 2.06. The third-order valence-electron chi connectivity index (χ3n) is 3.55. The van der Waals surface area contributed by atoms with Crippen molar-refractivity contribution < 1.29 is 4.79 Å². The van der Waals surface area contributed by atoms with Crippen LogP contribution in [0, 0.1) is 12.8 Å². The number of amides is 1. The Morgan fingerprint density at radius 2 is 1.78 bits per heavy atom. The van der Waals surface area contributed by atoms with Crippen molar-refractivity contribution in [3.05, 3.63) is 35.4 Å². The Morgan fingerprint density at radius 3 is 2.39 bits per heavy atom. The monoisotopic (exact) mass is 430 g/mol. The van der Waals surface area contributed by atoms with Gasteiger partial charge in [0.15, 0.2) is 5.96 Å². The molecule has 0 spiro atoms. The summed E-state index contributed by atoms with van der Waals surface area (Å²) in [5.74, 6) is 1.23. The van der Waals surface area contributed by atoms with Crippen LogP contribution < -0.4 is 16.0 Å². The predicted octanol–water partition coefficient (Wildman–Crippen LogP) is 2.19. The summed E-state index contributed by atoms with van der Waals surface area (Å²) in [5, 5.41) is 9.39. The molecule has 1 aromatic carbocycles. The quantitative estimate of drug-likeness (QED) is 0.269. The lowest BCUT2D eigenvalue weighted by molar-refractivity contribution is -0.122. The number of guanidine groups is 1. The summed E-state index contributed by atoms with van der Waals surface area (Å²) in [6.45, 7) is 6.88. The summed E-state index contributed by atoms with van der Waals surface area (Å²) in [6, 6.07) is 8.38. The van der Waals surface area contributed by atoms with Crippen LogP contribution in [-0.4, -0.2) is 31.5 Å². The third-order valence-corrected chi connectivity index (χ3v) is 3.55. The van der Waals surface area contributed by atoms with Gasteiger partial charge in [-0.05, 0) is 32.3 Å². The van der Waals surface area contributed by atoms with Crippen LogP contribution in [0.15, 0.2) is 29.3 Å². The van der Waals surface area contributed by atoms with E-state index in [0.29, 0.717) is 19.6 Å². The maximum atomic E-state index is 11.5. The average Bonchev–Trinajstić information content (AvgIpc) is 3.35. The molecule has 5 nitrogen and oxygen atoms in total. The molecule has 3 N–H and O–H groups in total. The lowest BCUT2D eigenvalue weighted by Gasteiger charge is -2.12. The van der Waals surface area contributed by atoms with Crippen LogP contribution in [-0.2, 0) is 11.3 Å². The molecular formula is C17H27IN4O. The molecule has 1 fully saturated rings. The van der Waals surface area contributed by atoms with E-state index in [1.54, 1.807) is 0 Å². The molecule has 128 valence electrons. The third kappa shape index (κ3) is 7.67. The van der Waals surface area contributed by atoms with Crippen LogP contribution in [0.4, 0.5) is 0 Å². The number of carbonyl (C=O) groups is 1. The minimum atomic E-state index is 0. The molecule has 2 rings (SSSR count). The van der Waals surface area contributed by atoms with Gasteiger partial charge in [0.1, 0.15) is 0 Å². The Labute approximate surface area is 155 Å². The molecule has 1 aromatic rings. The van der Waals surface area contributed by atoms with Crippen molar-refractivity contribution in [2.75, 3.05) is 19.6 Å². The van der Waals surface area contributed by atoms with Crippen molar-refractivity contribution >= 4 is 35.8 Å². The Balaban J connectivity index is 0.00000264. The molecule has 0 atom stereocenters. The van der Waals surface area contributed by atoms with Gasteiger partial charge in [-0.3, -0.25) is 4.79 Å². The lowest BCUT2D eigenvalue weighted by Crippen LogP contribution is -2.41. The molecule has 0 bridgehead atoms. The average molecular weight is 430 g/mol. The molecule has 0 heterocycles. The molecular weight excluding hydrogens is 403 g/mol. The van der Waals surface area contributed by atoms with E-state index >= 15 is 0 Å². The first-order valence-corrected chi connectivity index (χ1v) is 8.04. The second-order valence-corrected chi connectivity index (χ2v) is 5.67. The fourth-order valence-corrected chi connectivity index (χ4v) is 2.06. The molecule has 0 aromatic heterocycles. The molecule has 1 aliphatic carbocycles. The van der Waals surface area contributed by atoms with E-state index in [-0.39, 0.29) is 35.8 Å². The fraction of sp³-hybridized carbons (Fsp3) is 0.529. The van der Waals surface area contributed by atoms with Crippen molar-refractivity contribution in [1.82, 2.24) is 16.0 Å². The van der Waals surface area contributed by atoms with Crippen LogP contribution in [0.25, 0.3) is 0 Å². The largest absolute Gasteiger partial charge is 0.357 e. The smallest absolute Gasteiger partial charge is 0.223 e. The van der Waals surface area contributed by atoms with Crippen molar-refractivity contribution in [2.45, 2.75) is 33.2 Å². The normalized spacial score (nSPS) is 13.9. The van der Waals surface area contributed by atoms with Gasteiger partial charge in [0.2, 0.25) is 5.91 Å². The van der Waals surface area contributed by atoms with Crippen LogP contribution in [0.1, 0.15) is 30.9 Å². The molecule has 1 amide bonds. The molecule has 6 heteroatoms. The number of aliphatic imine (C=N–C) groups is 1. The number of nitrogens with one attached hydrogen (secondary N) is 3. The van der Waals surface area contributed by atoms with Gasteiger partial charge in [-0.15, -0.1) is 24.0 Å². The Kier molecular flexibility index (Phi) is 8.98. The Morgan fingerprint density at radius 1 is 1.13 bits per heavy atom. The number of carbonyl (C=O) groups excluding carboxylic acids is 1. The topological polar surface area (TPSA) is 65.5 Å². The van der Waals surface area contributed by atoms with E-state index in [9.17, 15) is 4.79 Å². The highest BCUT2D eigenvalue weighted by atomic mass is 127. The highest BCUT2D eigenvalue weighted by Crippen LogP contribution is 2.28. The number of hydrogen-bond donors (Lipinski definition) is 3. The summed E-state index contributed by atoms with van der Waals surface area (Å²) in [7, 11) is 0. The number of benzene rings is 1. The second kappa shape index (κ2) is 10.5. The zero-order chi connectivity index (χ0) is 15.8. The van der Waals surface area contributed by atoms with E-state index in [0.717, 1.165) is 25.3 Å².